The van der Waals surface area contributed by atoms with Gasteiger partial charge in [0.2, 0.25) is 0 Å². The molecule has 0 bridgehead atoms. The van der Waals surface area contributed by atoms with Gasteiger partial charge in [-0.05, 0) is 30.2 Å². The van der Waals surface area contributed by atoms with Crippen molar-refractivity contribution in [1.29, 1.82) is 0 Å². The maximum absolute atomic E-state index is 10.6. The molecule has 1 aliphatic rings. The summed E-state index contributed by atoms with van der Waals surface area (Å²) < 4.78 is 0. The maximum Gasteiger partial charge on any atom is 0.121 e. The minimum atomic E-state index is 0. The van der Waals surface area contributed by atoms with E-state index >= 15 is 0 Å². The third-order valence-corrected chi connectivity index (χ3v) is 4.42. The number of nitrogens with zero attached hydrogens (tertiary/aromatic N) is 1. The summed E-state index contributed by atoms with van der Waals surface area (Å²) in [4.78, 5) is 2.46. The number of benzene rings is 2. The van der Waals surface area contributed by atoms with Gasteiger partial charge in [-0.1, -0.05) is 35.9 Å². The normalized spacial score (nSPS) is 16.0. The van der Waals surface area contributed by atoms with Gasteiger partial charge in [0.15, 0.2) is 0 Å². The average Bonchev–Trinajstić information content (AvgIpc) is 2.54. The zero-order valence-corrected chi connectivity index (χ0v) is 15.6. The fourth-order valence-corrected chi connectivity index (χ4v) is 3.37. The number of nitrogens with one attached hydrogen (secondary N) is 1. The van der Waals surface area contributed by atoms with E-state index in [1.807, 2.05) is 24.3 Å². The quantitative estimate of drug-likeness (QED) is 0.789. The smallest absolute Gasteiger partial charge is 0.121 e. The fourth-order valence-electron chi connectivity index (χ4n) is 3.37. The van der Waals surface area contributed by atoms with E-state index in [1.165, 1.54) is 5.39 Å². The Bertz CT molecular complexity index is 684. The highest BCUT2D eigenvalue weighted by Crippen LogP contribution is 2.38. The molecule has 0 aromatic heterocycles. The predicted molar refractivity (Wildman–Crippen MR) is 107 cm³/mol. The Balaban J connectivity index is 0.00000144. The standard InChI is InChI=1S/C19H24N2O.2ClH/c1-14(2)13-17(21-11-9-20-10-12-21)19-16-6-4-3-5-15(16)7-8-18(19)22;;/h3-8,17,20,22H,1,9-13H2,2H3;2*1H/t17-;;/m0../s1. The molecule has 3 rings (SSSR count). The average molecular weight is 369 g/mol. The SMILES string of the molecule is C=C(C)C[C@@H](c1c(O)ccc2ccccc12)N1CCNCC1.Cl.Cl. The first-order valence-electron chi connectivity index (χ1n) is 7.96. The summed E-state index contributed by atoms with van der Waals surface area (Å²) in [6, 6.07) is 12.3. The van der Waals surface area contributed by atoms with Crippen molar-refractivity contribution >= 4 is 35.6 Å². The molecule has 0 spiro atoms. The van der Waals surface area contributed by atoms with Crippen LogP contribution in [0, 0.1) is 0 Å². The van der Waals surface area contributed by atoms with Crippen molar-refractivity contribution in [1.82, 2.24) is 10.2 Å². The molecule has 3 nitrogen and oxygen atoms in total. The van der Waals surface area contributed by atoms with Crippen LogP contribution in [0.25, 0.3) is 10.8 Å². The molecule has 132 valence electrons. The number of aromatic hydroxyl groups is 1. The molecule has 0 aliphatic carbocycles. The van der Waals surface area contributed by atoms with Gasteiger partial charge in [0.1, 0.15) is 5.75 Å². The third-order valence-electron chi connectivity index (χ3n) is 4.42. The van der Waals surface area contributed by atoms with Crippen LogP contribution in [0.15, 0.2) is 48.6 Å². The highest BCUT2D eigenvalue weighted by Gasteiger charge is 2.26. The molecular weight excluding hydrogens is 343 g/mol. The molecule has 1 aliphatic heterocycles. The topological polar surface area (TPSA) is 35.5 Å². The van der Waals surface area contributed by atoms with Crippen molar-refractivity contribution < 1.29 is 5.11 Å². The number of phenols is 1. The van der Waals surface area contributed by atoms with Crippen LogP contribution in [0.1, 0.15) is 24.9 Å². The highest BCUT2D eigenvalue weighted by atomic mass is 35.5. The summed E-state index contributed by atoms with van der Waals surface area (Å²) in [7, 11) is 0. The zero-order chi connectivity index (χ0) is 15.5. The molecule has 1 saturated heterocycles. The molecule has 2 aromatic rings. The molecule has 1 heterocycles. The van der Waals surface area contributed by atoms with E-state index in [2.05, 4.69) is 35.9 Å². The molecule has 5 heteroatoms. The number of halogens is 2. The number of rotatable bonds is 4. The van der Waals surface area contributed by atoms with Crippen molar-refractivity contribution in [3.63, 3.8) is 0 Å². The van der Waals surface area contributed by atoms with Crippen molar-refractivity contribution in [2.45, 2.75) is 19.4 Å². The maximum atomic E-state index is 10.6. The molecule has 0 amide bonds. The second-order valence-electron chi connectivity index (χ2n) is 6.18. The van der Waals surface area contributed by atoms with E-state index in [1.54, 1.807) is 0 Å². The highest BCUT2D eigenvalue weighted by molar-refractivity contribution is 5.88. The minimum Gasteiger partial charge on any atom is -0.508 e. The zero-order valence-electron chi connectivity index (χ0n) is 14.0. The van der Waals surface area contributed by atoms with Gasteiger partial charge >= 0.3 is 0 Å². The summed E-state index contributed by atoms with van der Waals surface area (Å²) in [5.74, 6) is 0.392. The molecule has 24 heavy (non-hydrogen) atoms. The van der Waals surface area contributed by atoms with E-state index in [0.29, 0.717) is 5.75 Å². The lowest BCUT2D eigenvalue weighted by molar-refractivity contribution is 0.171. The number of fused-ring (bicyclic) bond motifs is 1. The molecule has 1 atom stereocenters. The van der Waals surface area contributed by atoms with Gasteiger partial charge in [-0.15, -0.1) is 31.4 Å². The van der Waals surface area contributed by atoms with Gasteiger partial charge in [-0.25, -0.2) is 0 Å². The molecular formula is C19H26Cl2N2O. The minimum absolute atomic E-state index is 0. The Morgan fingerprint density at radius 3 is 2.50 bits per heavy atom. The Kier molecular flexibility index (Phi) is 8.04. The second kappa shape index (κ2) is 9.28. The van der Waals surface area contributed by atoms with Gasteiger partial charge in [-0.2, -0.15) is 0 Å². The van der Waals surface area contributed by atoms with Crippen LogP contribution in [0.5, 0.6) is 5.75 Å². The van der Waals surface area contributed by atoms with E-state index < -0.39 is 0 Å². The number of hydrogen-bond donors (Lipinski definition) is 2. The van der Waals surface area contributed by atoms with E-state index in [0.717, 1.165) is 49.1 Å². The van der Waals surface area contributed by atoms with Gasteiger partial charge in [-0.3, -0.25) is 4.90 Å². The summed E-state index contributed by atoms with van der Waals surface area (Å²) in [5, 5.41) is 16.3. The van der Waals surface area contributed by atoms with Crippen molar-refractivity contribution in [3.8, 4) is 5.75 Å². The lowest BCUT2D eigenvalue weighted by Gasteiger charge is -2.36. The van der Waals surface area contributed by atoms with E-state index in [9.17, 15) is 5.11 Å². The molecule has 0 saturated carbocycles. The Labute approximate surface area is 156 Å². The van der Waals surface area contributed by atoms with Crippen LogP contribution >= 0.6 is 24.8 Å². The molecule has 0 unspecified atom stereocenters. The van der Waals surface area contributed by atoms with Crippen molar-refractivity contribution in [2.75, 3.05) is 26.2 Å². The van der Waals surface area contributed by atoms with Crippen LogP contribution in [-0.2, 0) is 0 Å². The van der Waals surface area contributed by atoms with Gasteiger partial charge in [0.05, 0.1) is 0 Å². The summed E-state index contributed by atoms with van der Waals surface area (Å²) in [5.41, 5.74) is 2.19. The van der Waals surface area contributed by atoms with Crippen molar-refractivity contribution in [3.05, 3.63) is 54.1 Å². The Morgan fingerprint density at radius 2 is 1.83 bits per heavy atom. The monoisotopic (exact) mass is 368 g/mol. The molecule has 2 aromatic carbocycles. The first-order chi connectivity index (χ1) is 10.7. The van der Waals surface area contributed by atoms with Gasteiger partial charge < -0.3 is 10.4 Å². The summed E-state index contributed by atoms with van der Waals surface area (Å²) in [6.07, 6.45) is 0.877. The summed E-state index contributed by atoms with van der Waals surface area (Å²) in [6.45, 7) is 10.2. The van der Waals surface area contributed by atoms with Crippen LogP contribution in [-0.4, -0.2) is 36.2 Å². The van der Waals surface area contributed by atoms with E-state index in [4.69, 9.17) is 0 Å². The lowest BCUT2D eigenvalue weighted by Crippen LogP contribution is -2.45. The van der Waals surface area contributed by atoms with Crippen LogP contribution in [0.2, 0.25) is 0 Å². The first-order valence-corrected chi connectivity index (χ1v) is 7.96. The third kappa shape index (κ3) is 4.42. The molecule has 0 radical (unpaired) electrons. The molecule has 1 fully saturated rings. The van der Waals surface area contributed by atoms with Crippen molar-refractivity contribution in [2.24, 2.45) is 0 Å². The fraction of sp³-hybridized carbons (Fsp3) is 0.368. The number of piperazine rings is 1. The first kappa shape index (κ1) is 20.8. The van der Waals surface area contributed by atoms with Gasteiger partial charge in [0.25, 0.3) is 0 Å². The molecule has 2 N–H and O–H groups in total. The second-order valence-corrected chi connectivity index (χ2v) is 6.18. The lowest BCUT2D eigenvalue weighted by atomic mass is 9.92. The Morgan fingerprint density at radius 1 is 1.17 bits per heavy atom. The van der Waals surface area contributed by atoms with Crippen LogP contribution < -0.4 is 5.32 Å². The van der Waals surface area contributed by atoms with Gasteiger partial charge in [0, 0.05) is 37.8 Å². The number of phenolic OH excluding ortho intramolecular Hbond substituents is 1. The summed E-state index contributed by atoms with van der Waals surface area (Å²) >= 11 is 0. The number of hydrogen-bond acceptors (Lipinski definition) is 3. The van der Waals surface area contributed by atoms with Crippen LogP contribution in [0.3, 0.4) is 0 Å². The van der Waals surface area contributed by atoms with E-state index in [-0.39, 0.29) is 30.9 Å². The Hall–Kier alpha value is -1.26. The van der Waals surface area contributed by atoms with Crippen LogP contribution in [0.4, 0.5) is 0 Å². The predicted octanol–water partition coefficient (Wildman–Crippen LogP) is 4.30. The largest absolute Gasteiger partial charge is 0.508 e.